The minimum atomic E-state index is -0.495. The van der Waals surface area contributed by atoms with Gasteiger partial charge in [-0.25, -0.2) is 4.79 Å². The van der Waals surface area contributed by atoms with Crippen LogP contribution in [0.25, 0.3) is 6.08 Å². The smallest absolute Gasteiger partial charge is 0.336 e. The van der Waals surface area contributed by atoms with Crippen LogP contribution < -0.4 is 9.47 Å². The quantitative estimate of drug-likeness (QED) is 0.490. The number of ether oxygens (including phenoxy) is 2. The van der Waals surface area contributed by atoms with Gasteiger partial charge in [0.15, 0.2) is 0 Å². The van der Waals surface area contributed by atoms with Gasteiger partial charge in [0.25, 0.3) is 0 Å². The maximum absolute atomic E-state index is 11.7. The van der Waals surface area contributed by atoms with Crippen LogP contribution in [0, 0.1) is 11.3 Å². The Bertz CT molecular complexity index is 697. The molecule has 104 valence electrons. The van der Waals surface area contributed by atoms with Crippen molar-refractivity contribution in [2.24, 2.45) is 0 Å². The summed E-state index contributed by atoms with van der Waals surface area (Å²) >= 11 is 0. The predicted molar refractivity (Wildman–Crippen MR) is 78.8 cm³/mol. The van der Waals surface area contributed by atoms with E-state index in [1.165, 1.54) is 6.08 Å². The second-order valence-electron chi connectivity index (χ2n) is 4.13. The number of hydrogen-bond donors (Lipinski definition) is 0. The number of esters is 1. The molecule has 4 heteroatoms. The Morgan fingerprint density at radius 1 is 1.14 bits per heavy atom. The first-order valence-corrected chi connectivity index (χ1v) is 6.26. The van der Waals surface area contributed by atoms with Crippen LogP contribution in [0.3, 0.4) is 0 Å². The molecule has 0 saturated carbocycles. The summed E-state index contributed by atoms with van der Waals surface area (Å²) in [6.07, 6.45) is 2.96. The van der Waals surface area contributed by atoms with E-state index in [-0.39, 0.29) is 0 Å². The summed E-state index contributed by atoms with van der Waals surface area (Å²) in [7, 11) is 1.57. The molecule has 0 radical (unpaired) electrons. The third-order valence-electron chi connectivity index (χ3n) is 2.74. The first-order chi connectivity index (χ1) is 10.2. The van der Waals surface area contributed by atoms with Crippen molar-refractivity contribution in [2.75, 3.05) is 7.11 Å². The van der Waals surface area contributed by atoms with Crippen LogP contribution in [-0.2, 0) is 4.79 Å². The van der Waals surface area contributed by atoms with Gasteiger partial charge in [0.1, 0.15) is 11.5 Å². The lowest BCUT2D eigenvalue weighted by atomic mass is 10.2. The first-order valence-electron chi connectivity index (χ1n) is 6.26. The molecular formula is C17H13NO3. The van der Waals surface area contributed by atoms with E-state index in [4.69, 9.17) is 14.7 Å². The van der Waals surface area contributed by atoms with Crippen molar-refractivity contribution in [1.29, 1.82) is 5.26 Å². The van der Waals surface area contributed by atoms with Crippen molar-refractivity contribution in [3.8, 4) is 17.6 Å². The Kier molecular flexibility index (Phi) is 4.73. The van der Waals surface area contributed by atoms with Crippen molar-refractivity contribution < 1.29 is 14.3 Å². The van der Waals surface area contributed by atoms with Gasteiger partial charge < -0.3 is 9.47 Å². The van der Waals surface area contributed by atoms with Crippen LogP contribution in [0.15, 0.2) is 54.6 Å². The van der Waals surface area contributed by atoms with Gasteiger partial charge in [0.2, 0.25) is 0 Å². The summed E-state index contributed by atoms with van der Waals surface area (Å²) < 4.78 is 10.3. The van der Waals surface area contributed by atoms with E-state index < -0.39 is 5.97 Å². The monoisotopic (exact) mass is 279 g/mol. The third-order valence-corrected chi connectivity index (χ3v) is 2.74. The van der Waals surface area contributed by atoms with Crippen molar-refractivity contribution in [2.45, 2.75) is 0 Å². The lowest BCUT2D eigenvalue weighted by Gasteiger charge is -2.03. The Morgan fingerprint density at radius 3 is 2.52 bits per heavy atom. The van der Waals surface area contributed by atoms with Gasteiger partial charge in [0.05, 0.1) is 18.7 Å². The van der Waals surface area contributed by atoms with Crippen molar-refractivity contribution >= 4 is 12.0 Å². The zero-order valence-electron chi connectivity index (χ0n) is 11.4. The summed E-state index contributed by atoms with van der Waals surface area (Å²) in [6.45, 7) is 0. The van der Waals surface area contributed by atoms with Crippen LogP contribution in [0.4, 0.5) is 0 Å². The van der Waals surface area contributed by atoms with Crippen LogP contribution >= 0.6 is 0 Å². The number of para-hydroxylation sites is 1. The molecule has 0 aliphatic carbocycles. The molecule has 0 aliphatic heterocycles. The summed E-state index contributed by atoms with van der Waals surface area (Å²) in [5.74, 6) is 0.578. The lowest BCUT2D eigenvalue weighted by Crippen LogP contribution is -2.03. The van der Waals surface area contributed by atoms with Crippen LogP contribution in [-0.4, -0.2) is 13.1 Å². The van der Waals surface area contributed by atoms with Gasteiger partial charge in [-0.3, -0.25) is 0 Å². The van der Waals surface area contributed by atoms with Gasteiger partial charge in [-0.2, -0.15) is 5.26 Å². The molecule has 0 spiro atoms. The molecule has 0 fully saturated rings. The van der Waals surface area contributed by atoms with Gasteiger partial charge in [-0.1, -0.05) is 18.2 Å². The fourth-order valence-corrected chi connectivity index (χ4v) is 1.71. The molecule has 2 aromatic rings. The minimum Gasteiger partial charge on any atom is -0.496 e. The number of hydrogen-bond acceptors (Lipinski definition) is 4. The highest BCUT2D eigenvalue weighted by Crippen LogP contribution is 2.19. The molecular weight excluding hydrogens is 266 g/mol. The molecule has 2 rings (SSSR count). The van der Waals surface area contributed by atoms with E-state index in [1.807, 2.05) is 30.3 Å². The number of carbonyl (C=O) groups is 1. The van der Waals surface area contributed by atoms with Gasteiger partial charge in [-0.15, -0.1) is 0 Å². The molecule has 2 aromatic carbocycles. The van der Waals surface area contributed by atoms with Crippen molar-refractivity contribution in [1.82, 2.24) is 0 Å². The van der Waals surface area contributed by atoms with E-state index in [0.29, 0.717) is 17.1 Å². The summed E-state index contributed by atoms with van der Waals surface area (Å²) in [5.41, 5.74) is 1.30. The largest absolute Gasteiger partial charge is 0.496 e. The average molecular weight is 279 g/mol. The maximum Gasteiger partial charge on any atom is 0.336 e. The van der Waals surface area contributed by atoms with Crippen LogP contribution in [0.5, 0.6) is 11.5 Å². The normalized spacial score (nSPS) is 10.1. The molecule has 0 saturated heterocycles. The van der Waals surface area contributed by atoms with Crippen LogP contribution in [0.1, 0.15) is 11.1 Å². The molecule has 0 N–H and O–H groups in total. The summed E-state index contributed by atoms with van der Waals surface area (Å²) in [4.78, 5) is 11.7. The second kappa shape index (κ2) is 6.92. The van der Waals surface area contributed by atoms with Crippen LogP contribution in [0.2, 0.25) is 0 Å². The third kappa shape index (κ3) is 3.95. The van der Waals surface area contributed by atoms with E-state index in [1.54, 1.807) is 37.5 Å². The zero-order chi connectivity index (χ0) is 15.1. The molecule has 0 heterocycles. The number of methoxy groups -OCH3 is 1. The highest BCUT2D eigenvalue weighted by molar-refractivity contribution is 5.89. The van der Waals surface area contributed by atoms with E-state index in [0.717, 1.165) is 5.56 Å². The maximum atomic E-state index is 11.7. The average Bonchev–Trinajstić information content (AvgIpc) is 2.54. The fourth-order valence-electron chi connectivity index (χ4n) is 1.71. The molecule has 0 aliphatic rings. The fraction of sp³-hybridized carbons (Fsp3) is 0.0588. The van der Waals surface area contributed by atoms with E-state index >= 15 is 0 Å². The Balaban J connectivity index is 2.04. The highest BCUT2D eigenvalue weighted by atomic mass is 16.5. The van der Waals surface area contributed by atoms with Crippen molar-refractivity contribution in [3.05, 3.63) is 65.7 Å². The van der Waals surface area contributed by atoms with Crippen molar-refractivity contribution in [3.63, 3.8) is 0 Å². The van der Waals surface area contributed by atoms with Gasteiger partial charge in [-0.05, 0) is 36.4 Å². The predicted octanol–water partition coefficient (Wildman–Crippen LogP) is 3.19. The molecule has 4 nitrogen and oxygen atoms in total. The number of nitriles is 1. The number of rotatable bonds is 4. The number of benzene rings is 2. The highest BCUT2D eigenvalue weighted by Gasteiger charge is 2.02. The van der Waals surface area contributed by atoms with Gasteiger partial charge >= 0.3 is 5.97 Å². The zero-order valence-corrected chi connectivity index (χ0v) is 11.4. The summed E-state index contributed by atoms with van der Waals surface area (Å²) in [5, 5.41) is 8.69. The van der Waals surface area contributed by atoms with Gasteiger partial charge in [0, 0.05) is 11.6 Å². The lowest BCUT2D eigenvalue weighted by molar-refractivity contribution is -0.128. The minimum absolute atomic E-state index is 0.392. The molecule has 0 aromatic heterocycles. The Hall–Kier alpha value is -3.06. The Labute approximate surface area is 122 Å². The Morgan fingerprint density at radius 2 is 1.86 bits per heavy atom. The SMILES string of the molecule is COc1ccccc1C=CC(=O)Oc1ccc(C#N)cc1. The standard InChI is InChI=1S/C17H13NO3/c1-20-16-5-3-2-4-14(16)8-11-17(19)21-15-9-6-13(12-18)7-10-15/h2-11H,1H3. The topological polar surface area (TPSA) is 59.3 Å². The molecule has 0 bridgehead atoms. The number of carbonyl (C=O) groups excluding carboxylic acids is 1. The molecule has 0 atom stereocenters. The van der Waals surface area contributed by atoms with E-state index in [9.17, 15) is 4.79 Å². The molecule has 0 amide bonds. The first kappa shape index (κ1) is 14.4. The summed E-state index contributed by atoms with van der Waals surface area (Å²) in [6, 6.07) is 15.7. The molecule has 0 unspecified atom stereocenters. The van der Waals surface area contributed by atoms with E-state index in [2.05, 4.69) is 0 Å². The number of nitrogens with zero attached hydrogens (tertiary/aromatic N) is 1. The molecule has 21 heavy (non-hydrogen) atoms. The second-order valence-corrected chi connectivity index (χ2v) is 4.13.